The van der Waals surface area contributed by atoms with Crippen LogP contribution in [0.15, 0.2) is 33.9 Å². The van der Waals surface area contributed by atoms with Gasteiger partial charge in [0.15, 0.2) is 0 Å². The summed E-state index contributed by atoms with van der Waals surface area (Å²) in [4.78, 5) is 10.9. The quantitative estimate of drug-likeness (QED) is 0.848. The van der Waals surface area contributed by atoms with Crippen LogP contribution in [-0.2, 0) is 4.79 Å². The summed E-state index contributed by atoms with van der Waals surface area (Å²) >= 11 is 1.11. The van der Waals surface area contributed by atoms with Crippen molar-refractivity contribution in [1.29, 1.82) is 5.26 Å². The number of carbonyl (C=O) groups is 1. The molecule has 0 bridgehead atoms. The Morgan fingerprint density at radius 1 is 1.42 bits per heavy atom. The minimum atomic E-state index is -0.442. The fourth-order valence-electron chi connectivity index (χ4n) is 1.27. The number of thioether (sulfide) groups is 1. The topological polar surface area (TPSA) is 106 Å². The minimum absolute atomic E-state index is 0.283. The zero-order valence-corrected chi connectivity index (χ0v) is 10.8. The van der Waals surface area contributed by atoms with Crippen LogP contribution in [0, 0.1) is 11.3 Å². The van der Waals surface area contributed by atoms with E-state index in [9.17, 15) is 4.79 Å². The second-order valence-electron chi connectivity index (χ2n) is 3.72. The largest absolute Gasteiger partial charge is 0.411 e. The van der Waals surface area contributed by atoms with Crippen molar-refractivity contribution in [3.05, 3.63) is 29.8 Å². The lowest BCUT2D eigenvalue weighted by atomic mass is 10.1. The summed E-state index contributed by atoms with van der Waals surface area (Å²) in [5.41, 5.74) is 6.42. The molecule has 0 radical (unpaired) electrons. The second-order valence-corrected chi connectivity index (χ2v) is 5.02. The van der Waals surface area contributed by atoms with E-state index in [1.807, 2.05) is 6.07 Å². The first-order valence-corrected chi connectivity index (χ1v) is 6.28. The second kappa shape index (κ2) is 5.54. The molecule has 1 atom stereocenters. The van der Waals surface area contributed by atoms with Crippen LogP contribution in [0.2, 0.25) is 0 Å². The highest BCUT2D eigenvalue weighted by atomic mass is 32.2. The molecule has 96 valence electrons. The van der Waals surface area contributed by atoms with Crippen LogP contribution in [0.5, 0.6) is 0 Å². The first kappa shape index (κ1) is 13.1. The molecular formula is C12H10N4O2S. The average Bonchev–Trinajstić information content (AvgIpc) is 2.87. The van der Waals surface area contributed by atoms with Crippen LogP contribution < -0.4 is 5.73 Å². The highest BCUT2D eigenvalue weighted by molar-refractivity contribution is 8.00. The van der Waals surface area contributed by atoms with Crippen LogP contribution >= 0.6 is 11.8 Å². The van der Waals surface area contributed by atoms with Crippen LogP contribution in [0.3, 0.4) is 0 Å². The highest BCUT2D eigenvalue weighted by Crippen LogP contribution is 2.25. The lowest BCUT2D eigenvalue weighted by Crippen LogP contribution is -2.22. The van der Waals surface area contributed by atoms with Gasteiger partial charge < -0.3 is 10.2 Å². The third-order valence-corrected chi connectivity index (χ3v) is 3.30. The van der Waals surface area contributed by atoms with E-state index in [4.69, 9.17) is 15.4 Å². The molecule has 0 aliphatic rings. The van der Waals surface area contributed by atoms with Gasteiger partial charge in [0.2, 0.25) is 11.8 Å². The maximum atomic E-state index is 10.9. The Bertz CT molecular complexity index is 630. The summed E-state index contributed by atoms with van der Waals surface area (Å²) in [7, 11) is 0. The number of aromatic nitrogens is 2. The van der Waals surface area contributed by atoms with E-state index in [1.165, 1.54) is 0 Å². The summed E-state index contributed by atoms with van der Waals surface area (Å²) in [6, 6.07) is 8.80. The average molecular weight is 274 g/mol. The maximum Gasteiger partial charge on any atom is 0.277 e. The van der Waals surface area contributed by atoms with Gasteiger partial charge in [0.25, 0.3) is 5.22 Å². The van der Waals surface area contributed by atoms with Gasteiger partial charge in [-0.05, 0) is 31.2 Å². The number of rotatable bonds is 4. The molecule has 0 spiro atoms. The smallest absolute Gasteiger partial charge is 0.277 e. The predicted molar refractivity (Wildman–Crippen MR) is 69.0 cm³/mol. The van der Waals surface area contributed by atoms with Crippen molar-refractivity contribution in [1.82, 2.24) is 10.2 Å². The summed E-state index contributed by atoms with van der Waals surface area (Å²) in [6.07, 6.45) is 0. The zero-order valence-electron chi connectivity index (χ0n) is 10.0. The summed E-state index contributed by atoms with van der Waals surface area (Å²) < 4.78 is 5.41. The van der Waals surface area contributed by atoms with Crippen molar-refractivity contribution >= 4 is 17.7 Å². The highest BCUT2D eigenvalue weighted by Gasteiger charge is 2.16. The monoisotopic (exact) mass is 274 g/mol. The Kier molecular flexibility index (Phi) is 3.82. The molecule has 0 saturated heterocycles. The Balaban J connectivity index is 2.16. The van der Waals surface area contributed by atoms with Crippen molar-refractivity contribution in [3.8, 4) is 17.5 Å². The van der Waals surface area contributed by atoms with Gasteiger partial charge >= 0.3 is 0 Å². The molecule has 1 aromatic carbocycles. The van der Waals surface area contributed by atoms with Crippen LogP contribution in [-0.4, -0.2) is 21.4 Å². The molecule has 2 rings (SSSR count). The molecule has 0 aliphatic carbocycles. The molecule has 7 heteroatoms. The number of benzene rings is 1. The van der Waals surface area contributed by atoms with Gasteiger partial charge in [-0.25, -0.2) is 0 Å². The predicted octanol–water partition coefficient (Wildman–Crippen LogP) is 1.57. The molecule has 0 fully saturated rings. The third-order valence-electron chi connectivity index (χ3n) is 2.35. The molecule has 0 saturated carbocycles. The zero-order chi connectivity index (χ0) is 13.8. The molecule has 6 nitrogen and oxygen atoms in total. The first-order chi connectivity index (χ1) is 9.10. The van der Waals surface area contributed by atoms with E-state index in [1.54, 1.807) is 31.2 Å². The molecule has 1 amide bonds. The maximum absolute atomic E-state index is 10.9. The lowest BCUT2D eigenvalue weighted by Gasteiger charge is -2.00. The Labute approximate surface area is 113 Å². The fraction of sp³-hybridized carbons (Fsp3) is 0.167. The van der Waals surface area contributed by atoms with Gasteiger partial charge in [0.05, 0.1) is 16.9 Å². The number of nitrogens with zero attached hydrogens (tertiary/aromatic N) is 3. The molecule has 0 unspecified atom stereocenters. The minimum Gasteiger partial charge on any atom is -0.411 e. The number of hydrogen-bond donors (Lipinski definition) is 1. The summed E-state index contributed by atoms with van der Waals surface area (Å²) in [5.74, 6) is -0.105. The number of nitrogens with two attached hydrogens (primary N) is 1. The Morgan fingerprint density at radius 2 is 2.11 bits per heavy atom. The van der Waals surface area contributed by atoms with E-state index in [0.717, 1.165) is 11.8 Å². The van der Waals surface area contributed by atoms with E-state index < -0.39 is 11.2 Å². The van der Waals surface area contributed by atoms with Crippen molar-refractivity contribution in [2.45, 2.75) is 17.4 Å². The number of hydrogen-bond acceptors (Lipinski definition) is 6. The van der Waals surface area contributed by atoms with Gasteiger partial charge in [0, 0.05) is 5.56 Å². The van der Waals surface area contributed by atoms with E-state index in [0.29, 0.717) is 17.0 Å². The van der Waals surface area contributed by atoms with Crippen LogP contribution in [0.4, 0.5) is 0 Å². The molecule has 19 heavy (non-hydrogen) atoms. The Morgan fingerprint density at radius 3 is 2.68 bits per heavy atom. The van der Waals surface area contributed by atoms with Crippen molar-refractivity contribution in [3.63, 3.8) is 0 Å². The van der Waals surface area contributed by atoms with Gasteiger partial charge in [-0.3, -0.25) is 4.79 Å². The number of carbonyl (C=O) groups excluding carboxylic acids is 1. The molecule has 1 aromatic heterocycles. The molecule has 1 heterocycles. The fourth-order valence-corrected chi connectivity index (χ4v) is 1.90. The van der Waals surface area contributed by atoms with Crippen molar-refractivity contribution in [2.75, 3.05) is 0 Å². The molecular weight excluding hydrogens is 264 g/mol. The van der Waals surface area contributed by atoms with E-state index in [2.05, 4.69) is 10.2 Å². The van der Waals surface area contributed by atoms with Gasteiger partial charge in [-0.15, -0.1) is 10.2 Å². The van der Waals surface area contributed by atoms with Crippen molar-refractivity contribution in [2.24, 2.45) is 5.73 Å². The number of amides is 1. The molecule has 2 aromatic rings. The van der Waals surface area contributed by atoms with E-state index in [-0.39, 0.29) is 5.22 Å². The molecule has 0 aliphatic heterocycles. The summed E-state index contributed by atoms with van der Waals surface area (Å²) in [5, 5.41) is 16.3. The normalized spacial score (nSPS) is 11.8. The van der Waals surface area contributed by atoms with Gasteiger partial charge in [0.1, 0.15) is 0 Å². The van der Waals surface area contributed by atoms with Crippen LogP contribution in [0.1, 0.15) is 12.5 Å². The van der Waals surface area contributed by atoms with Gasteiger partial charge in [-0.2, -0.15) is 5.26 Å². The Hall–Kier alpha value is -2.33. The van der Waals surface area contributed by atoms with Gasteiger partial charge in [-0.1, -0.05) is 11.8 Å². The number of primary amides is 1. The van der Waals surface area contributed by atoms with Crippen LogP contribution in [0.25, 0.3) is 11.5 Å². The summed E-state index contributed by atoms with van der Waals surface area (Å²) in [6.45, 7) is 1.67. The third kappa shape index (κ3) is 3.11. The SMILES string of the molecule is C[C@@H](Sc1nnc(-c2ccc(C#N)cc2)o1)C(N)=O. The molecule has 2 N–H and O–H groups in total. The standard InChI is InChI=1S/C12H10N4O2S/c1-7(10(14)17)19-12-16-15-11(18-12)9-4-2-8(6-13)3-5-9/h2-5,7H,1H3,(H2,14,17)/t7-/m1/s1. The van der Waals surface area contributed by atoms with E-state index >= 15 is 0 Å². The first-order valence-electron chi connectivity index (χ1n) is 5.40. The number of nitriles is 1. The van der Waals surface area contributed by atoms with Crippen molar-refractivity contribution < 1.29 is 9.21 Å². The lowest BCUT2D eigenvalue weighted by molar-refractivity contribution is -0.117.